The molecule has 1 N–H and O–H groups in total. The van der Waals surface area contributed by atoms with Crippen LogP contribution in [0.25, 0.3) is 11.3 Å². The van der Waals surface area contributed by atoms with E-state index in [1.165, 1.54) is 18.2 Å². The topological polar surface area (TPSA) is 104 Å². The Bertz CT molecular complexity index is 1560. The Hall–Kier alpha value is -4.44. The Kier molecular flexibility index (Phi) is 7.44. The van der Waals surface area contributed by atoms with Crippen molar-refractivity contribution in [2.75, 3.05) is 5.32 Å². The maximum absolute atomic E-state index is 12.8. The Morgan fingerprint density at radius 1 is 0.975 bits per heavy atom. The fourth-order valence-electron chi connectivity index (χ4n) is 4.50. The number of nitrogens with one attached hydrogen (secondary N) is 1. The molecule has 4 aromatic rings. The predicted molar refractivity (Wildman–Crippen MR) is 139 cm³/mol. The number of halogens is 4. The van der Waals surface area contributed by atoms with Crippen molar-refractivity contribution in [1.29, 1.82) is 0 Å². The Morgan fingerprint density at radius 2 is 1.70 bits per heavy atom. The van der Waals surface area contributed by atoms with Crippen molar-refractivity contribution >= 4 is 29.3 Å². The lowest BCUT2D eigenvalue weighted by atomic mass is 9.83. The van der Waals surface area contributed by atoms with Crippen LogP contribution < -0.4 is 15.2 Å². The number of aliphatic carboxylic acids is 1. The van der Waals surface area contributed by atoms with Gasteiger partial charge in [0, 0.05) is 23.0 Å². The third-order valence-corrected chi connectivity index (χ3v) is 6.85. The lowest BCUT2D eigenvalue weighted by molar-refractivity contribution is -0.308. The lowest BCUT2D eigenvalue weighted by Gasteiger charge is -2.27. The number of anilines is 1. The number of benzene rings is 3. The van der Waals surface area contributed by atoms with Crippen molar-refractivity contribution in [2.24, 2.45) is 0 Å². The number of carboxylic acids is 1. The molecule has 40 heavy (non-hydrogen) atoms. The van der Waals surface area contributed by atoms with E-state index in [9.17, 15) is 27.9 Å². The Morgan fingerprint density at radius 3 is 2.33 bits per heavy atom. The first-order chi connectivity index (χ1) is 19.1. The number of carbonyl (C=O) groups is 2. The van der Waals surface area contributed by atoms with Gasteiger partial charge in [0.25, 0.3) is 5.91 Å². The average Bonchev–Trinajstić information content (AvgIpc) is 2.93. The highest BCUT2D eigenvalue weighted by Gasteiger charge is 2.30. The van der Waals surface area contributed by atoms with Gasteiger partial charge >= 0.3 is 6.18 Å². The number of aromatic nitrogens is 2. The smallest absolute Gasteiger partial charge is 0.416 e. The molecular weight excluding hydrogens is 547 g/mol. The minimum Gasteiger partial charge on any atom is -0.549 e. The third-order valence-electron chi connectivity index (χ3n) is 6.55. The fourth-order valence-corrected chi connectivity index (χ4v) is 4.71. The van der Waals surface area contributed by atoms with Crippen LogP contribution in [-0.2, 0) is 17.4 Å². The van der Waals surface area contributed by atoms with Gasteiger partial charge in [-0.15, -0.1) is 10.2 Å². The zero-order valence-corrected chi connectivity index (χ0v) is 21.4. The lowest BCUT2D eigenvalue weighted by Crippen LogP contribution is -2.31. The highest BCUT2D eigenvalue weighted by Crippen LogP contribution is 2.39. The summed E-state index contributed by atoms with van der Waals surface area (Å²) in [7, 11) is 0. The molecule has 1 atom stereocenters. The van der Waals surface area contributed by atoms with E-state index in [0.29, 0.717) is 46.7 Å². The summed E-state index contributed by atoms with van der Waals surface area (Å²) in [6.07, 6.45) is -2.49. The molecule has 0 radical (unpaired) electrons. The molecule has 7 nitrogen and oxygen atoms in total. The number of hydrogen-bond donors (Lipinski definition) is 1. The molecule has 5 rings (SSSR count). The van der Waals surface area contributed by atoms with E-state index in [0.717, 1.165) is 24.1 Å². The molecule has 0 saturated heterocycles. The summed E-state index contributed by atoms with van der Waals surface area (Å²) < 4.78 is 44.2. The molecule has 11 heteroatoms. The number of carbonyl (C=O) groups excluding carboxylic acids is 2. The molecular formula is C29H20ClF3N3O4-. The van der Waals surface area contributed by atoms with Gasteiger partial charge in [-0.05, 0) is 91.1 Å². The first-order valence-electron chi connectivity index (χ1n) is 12.2. The number of rotatable bonds is 6. The van der Waals surface area contributed by atoms with Crippen LogP contribution >= 0.6 is 11.6 Å². The Balaban J connectivity index is 1.23. The van der Waals surface area contributed by atoms with Crippen molar-refractivity contribution in [3.63, 3.8) is 0 Å². The van der Waals surface area contributed by atoms with Gasteiger partial charge < -0.3 is 20.0 Å². The van der Waals surface area contributed by atoms with Crippen molar-refractivity contribution in [3.8, 4) is 22.8 Å². The molecule has 0 aliphatic heterocycles. The summed E-state index contributed by atoms with van der Waals surface area (Å²) in [5.41, 5.74) is 1.85. The third kappa shape index (κ3) is 5.91. The molecule has 1 aliphatic carbocycles. The second-order valence-corrected chi connectivity index (χ2v) is 9.61. The molecule has 1 unspecified atom stereocenters. The van der Waals surface area contributed by atoms with Crippen LogP contribution in [0.15, 0.2) is 72.8 Å². The van der Waals surface area contributed by atoms with E-state index in [1.54, 1.807) is 42.5 Å². The molecule has 204 valence electrons. The molecule has 0 fully saturated rings. The first kappa shape index (κ1) is 27.1. The number of ether oxygens (including phenoxy) is 1. The minimum absolute atomic E-state index is 0.164. The molecule has 1 aliphatic rings. The molecule has 1 heterocycles. The van der Waals surface area contributed by atoms with Crippen LogP contribution in [0.5, 0.6) is 11.5 Å². The van der Waals surface area contributed by atoms with E-state index in [2.05, 4.69) is 15.5 Å². The van der Waals surface area contributed by atoms with E-state index in [4.69, 9.17) is 16.3 Å². The van der Waals surface area contributed by atoms with Crippen molar-refractivity contribution in [3.05, 3.63) is 100 Å². The van der Waals surface area contributed by atoms with Gasteiger partial charge in [-0.2, -0.15) is 13.2 Å². The van der Waals surface area contributed by atoms with Gasteiger partial charge in [0.15, 0.2) is 5.82 Å². The van der Waals surface area contributed by atoms with E-state index < -0.39 is 29.5 Å². The fraction of sp³-hybridized carbons (Fsp3) is 0.172. The zero-order valence-electron chi connectivity index (χ0n) is 20.7. The van der Waals surface area contributed by atoms with Gasteiger partial charge in [0.05, 0.1) is 16.3 Å². The number of nitrogens with zero attached hydrogens (tertiary/aromatic N) is 2. The van der Waals surface area contributed by atoms with Crippen LogP contribution in [0, 0.1) is 0 Å². The van der Waals surface area contributed by atoms with Crippen LogP contribution in [0.4, 0.5) is 19.0 Å². The summed E-state index contributed by atoms with van der Waals surface area (Å²) in [4.78, 5) is 24.1. The second kappa shape index (κ2) is 11.0. The standard InChI is InChI=1S/C29H21ClF3N3O4/c30-23-15-22-18(2-1-3-21(22)28(38)39)14-25(23)40-20-10-6-17(7-11-20)27(37)34-26-13-12-24(35-36-26)16-4-8-19(9-5-16)29(31,32)33/h4-15,21H,1-3H2,(H,38,39)(H,34,36,37)/p-1. The Labute approximate surface area is 231 Å². The van der Waals surface area contributed by atoms with Crippen LogP contribution in [0.3, 0.4) is 0 Å². The second-order valence-electron chi connectivity index (χ2n) is 9.20. The van der Waals surface area contributed by atoms with Crippen LogP contribution in [-0.4, -0.2) is 22.1 Å². The van der Waals surface area contributed by atoms with E-state index in [1.807, 2.05) is 0 Å². The van der Waals surface area contributed by atoms with Gasteiger partial charge in [-0.1, -0.05) is 23.7 Å². The van der Waals surface area contributed by atoms with Crippen molar-refractivity contribution < 1.29 is 32.6 Å². The number of hydrogen-bond acceptors (Lipinski definition) is 6. The quantitative estimate of drug-likeness (QED) is 0.306. The summed E-state index contributed by atoms with van der Waals surface area (Å²) in [5.74, 6) is -1.31. The SMILES string of the molecule is O=C(Nc1ccc(-c2ccc(C(F)(F)F)cc2)nn1)c1ccc(Oc2cc3c(cc2Cl)C(C(=O)[O-])CCC3)cc1. The zero-order chi connectivity index (χ0) is 28.4. The molecule has 3 aromatic carbocycles. The summed E-state index contributed by atoms with van der Waals surface area (Å²) in [5, 5.41) is 22.3. The normalized spacial score (nSPS) is 14.8. The largest absolute Gasteiger partial charge is 0.549 e. The molecule has 0 saturated carbocycles. The maximum Gasteiger partial charge on any atom is 0.416 e. The summed E-state index contributed by atoms with van der Waals surface area (Å²) >= 11 is 6.37. The average molecular weight is 567 g/mol. The number of fused-ring (bicyclic) bond motifs is 1. The predicted octanol–water partition coefficient (Wildman–Crippen LogP) is 6.03. The first-order valence-corrected chi connectivity index (χ1v) is 12.6. The number of carboxylic acid groups (broad SMARTS) is 1. The number of alkyl halides is 3. The van der Waals surface area contributed by atoms with E-state index in [-0.39, 0.29) is 10.8 Å². The number of aryl methyl sites for hydroxylation is 1. The summed E-state index contributed by atoms with van der Waals surface area (Å²) in [6.45, 7) is 0. The molecule has 0 spiro atoms. The maximum atomic E-state index is 12.8. The monoisotopic (exact) mass is 566 g/mol. The van der Waals surface area contributed by atoms with E-state index >= 15 is 0 Å². The minimum atomic E-state index is -4.43. The van der Waals surface area contributed by atoms with Gasteiger partial charge in [0.1, 0.15) is 11.5 Å². The number of amides is 1. The molecule has 1 amide bonds. The molecule has 1 aromatic heterocycles. The summed E-state index contributed by atoms with van der Waals surface area (Å²) in [6, 6.07) is 17.2. The highest BCUT2D eigenvalue weighted by molar-refractivity contribution is 6.32. The highest BCUT2D eigenvalue weighted by atomic mass is 35.5. The van der Waals surface area contributed by atoms with Crippen molar-refractivity contribution in [2.45, 2.75) is 31.4 Å². The van der Waals surface area contributed by atoms with Crippen molar-refractivity contribution in [1.82, 2.24) is 10.2 Å². The van der Waals surface area contributed by atoms with Crippen LogP contribution in [0.1, 0.15) is 45.8 Å². The van der Waals surface area contributed by atoms with Gasteiger partial charge in [0.2, 0.25) is 0 Å². The van der Waals surface area contributed by atoms with Gasteiger partial charge in [-0.3, -0.25) is 4.79 Å². The van der Waals surface area contributed by atoms with Gasteiger partial charge in [-0.25, -0.2) is 0 Å². The van der Waals surface area contributed by atoms with Crippen LogP contribution in [0.2, 0.25) is 5.02 Å². The molecule has 0 bridgehead atoms.